The molecular weight excluding hydrogens is 366 g/mol. The standard InChI is InChI=1S/C19H25N3O4S/c1-12-9-10-15(21-19(23)13(2)14(3)20)11-18(12)27(24,25)22-16-7-5-6-8-17(16)26-4/h5-11,13-14,22H,20H2,1-4H3,(H,21,23). The average Bonchev–Trinajstić information content (AvgIpc) is 2.62. The zero-order valence-electron chi connectivity index (χ0n) is 15.8. The number of aryl methyl sites for hydroxylation is 1. The van der Waals surface area contributed by atoms with E-state index in [0.29, 0.717) is 22.7 Å². The maximum Gasteiger partial charge on any atom is 0.262 e. The van der Waals surface area contributed by atoms with E-state index < -0.39 is 15.9 Å². The van der Waals surface area contributed by atoms with E-state index in [9.17, 15) is 13.2 Å². The van der Waals surface area contributed by atoms with Gasteiger partial charge in [-0.15, -0.1) is 0 Å². The summed E-state index contributed by atoms with van der Waals surface area (Å²) in [6, 6.07) is 11.1. The first kappa shape index (κ1) is 20.7. The maximum atomic E-state index is 12.9. The molecule has 0 fully saturated rings. The summed E-state index contributed by atoms with van der Waals surface area (Å²) in [6.45, 7) is 5.15. The van der Waals surface area contributed by atoms with Crippen LogP contribution in [0.5, 0.6) is 5.75 Å². The summed E-state index contributed by atoms with van der Waals surface area (Å²) in [5.41, 5.74) is 7.02. The average molecular weight is 391 g/mol. The van der Waals surface area contributed by atoms with Gasteiger partial charge in [-0.25, -0.2) is 8.42 Å². The van der Waals surface area contributed by atoms with E-state index in [-0.39, 0.29) is 16.8 Å². The number of nitrogens with two attached hydrogens (primary N) is 1. The van der Waals surface area contributed by atoms with Crippen molar-refractivity contribution in [1.82, 2.24) is 0 Å². The van der Waals surface area contributed by atoms with Crippen LogP contribution in [0.4, 0.5) is 11.4 Å². The molecule has 146 valence electrons. The van der Waals surface area contributed by atoms with Gasteiger partial charge in [0.15, 0.2) is 0 Å². The maximum absolute atomic E-state index is 12.9. The number of hydrogen-bond donors (Lipinski definition) is 3. The molecular formula is C19H25N3O4S. The van der Waals surface area contributed by atoms with Crippen LogP contribution in [0.15, 0.2) is 47.4 Å². The lowest BCUT2D eigenvalue weighted by atomic mass is 10.0. The third kappa shape index (κ3) is 4.99. The molecule has 0 aromatic heterocycles. The fourth-order valence-electron chi connectivity index (χ4n) is 2.39. The van der Waals surface area contributed by atoms with Crippen LogP contribution in [0, 0.1) is 12.8 Å². The Labute approximate surface area is 160 Å². The summed E-state index contributed by atoms with van der Waals surface area (Å²) in [7, 11) is -2.41. The minimum absolute atomic E-state index is 0.0691. The van der Waals surface area contributed by atoms with Crippen LogP contribution in [-0.2, 0) is 14.8 Å². The van der Waals surface area contributed by atoms with E-state index in [1.54, 1.807) is 57.2 Å². The van der Waals surface area contributed by atoms with Crippen molar-refractivity contribution in [2.45, 2.75) is 31.7 Å². The van der Waals surface area contributed by atoms with Gasteiger partial charge in [0, 0.05) is 11.7 Å². The van der Waals surface area contributed by atoms with Crippen molar-refractivity contribution in [1.29, 1.82) is 0 Å². The molecule has 8 heteroatoms. The number of methoxy groups -OCH3 is 1. The summed E-state index contributed by atoms with van der Waals surface area (Å²) in [5, 5.41) is 2.71. The molecule has 0 bridgehead atoms. The second-order valence-corrected chi connectivity index (χ2v) is 8.07. The lowest BCUT2D eigenvalue weighted by Crippen LogP contribution is -2.34. The number of amides is 1. The van der Waals surface area contributed by atoms with Crippen molar-refractivity contribution in [2.75, 3.05) is 17.1 Å². The summed E-state index contributed by atoms with van der Waals surface area (Å²) < 4.78 is 33.5. The van der Waals surface area contributed by atoms with E-state index >= 15 is 0 Å². The van der Waals surface area contributed by atoms with Crippen molar-refractivity contribution in [3.8, 4) is 5.75 Å². The second kappa shape index (κ2) is 8.41. The second-order valence-electron chi connectivity index (χ2n) is 6.42. The van der Waals surface area contributed by atoms with Gasteiger partial charge in [0.05, 0.1) is 23.6 Å². The number of benzene rings is 2. The van der Waals surface area contributed by atoms with Gasteiger partial charge in [-0.3, -0.25) is 9.52 Å². The summed E-state index contributed by atoms with van der Waals surface area (Å²) in [6.07, 6.45) is 0. The van der Waals surface area contributed by atoms with Crippen molar-refractivity contribution < 1.29 is 17.9 Å². The van der Waals surface area contributed by atoms with Crippen molar-refractivity contribution in [3.05, 3.63) is 48.0 Å². The zero-order valence-corrected chi connectivity index (χ0v) is 16.6. The number of sulfonamides is 1. The van der Waals surface area contributed by atoms with Crippen LogP contribution in [0.25, 0.3) is 0 Å². The molecule has 0 aliphatic rings. The van der Waals surface area contributed by atoms with Crippen molar-refractivity contribution >= 4 is 27.3 Å². The van der Waals surface area contributed by atoms with Gasteiger partial charge in [-0.05, 0) is 43.7 Å². The Morgan fingerprint density at radius 1 is 1.15 bits per heavy atom. The Balaban J connectivity index is 2.33. The minimum Gasteiger partial charge on any atom is -0.495 e. The van der Waals surface area contributed by atoms with Crippen LogP contribution in [0.1, 0.15) is 19.4 Å². The number of anilines is 2. The highest BCUT2D eigenvalue weighted by atomic mass is 32.2. The number of rotatable bonds is 7. The molecule has 1 amide bonds. The van der Waals surface area contributed by atoms with E-state index in [2.05, 4.69) is 10.0 Å². The molecule has 7 nitrogen and oxygen atoms in total. The lowest BCUT2D eigenvalue weighted by Gasteiger charge is -2.17. The first-order chi connectivity index (χ1) is 12.7. The Morgan fingerprint density at radius 3 is 2.44 bits per heavy atom. The smallest absolute Gasteiger partial charge is 0.262 e. The van der Waals surface area contributed by atoms with E-state index in [0.717, 1.165) is 0 Å². The molecule has 0 radical (unpaired) electrons. The third-order valence-electron chi connectivity index (χ3n) is 4.30. The van der Waals surface area contributed by atoms with Gasteiger partial charge in [0.2, 0.25) is 5.91 Å². The molecule has 2 rings (SSSR count). The highest BCUT2D eigenvalue weighted by Gasteiger charge is 2.21. The van der Waals surface area contributed by atoms with Crippen LogP contribution in [0.2, 0.25) is 0 Å². The van der Waals surface area contributed by atoms with Crippen LogP contribution >= 0.6 is 0 Å². The largest absolute Gasteiger partial charge is 0.495 e. The van der Waals surface area contributed by atoms with E-state index in [4.69, 9.17) is 10.5 Å². The summed E-state index contributed by atoms with van der Waals surface area (Å²) in [4.78, 5) is 12.3. The Bertz CT molecular complexity index is 926. The van der Waals surface area contributed by atoms with Crippen molar-refractivity contribution in [2.24, 2.45) is 11.7 Å². The third-order valence-corrected chi connectivity index (χ3v) is 5.81. The molecule has 0 saturated heterocycles. The molecule has 2 unspecified atom stereocenters. The van der Waals surface area contributed by atoms with Crippen LogP contribution < -0.4 is 20.5 Å². The number of ether oxygens (including phenoxy) is 1. The first-order valence-corrected chi connectivity index (χ1v) is 9.97. The first-order valence-electron chi connectivity index (χ1n) is 8.48. The number of carbonyl (C=O) groups is 1. The molecule has 0 spiro atoms. The molecule has 2 aromatic carbocycles. The van der Waals surface area contributed by atoms with E-state index in [1.807, 2.05) is 0 Å². The summed E-state index contributed by atoms with van der Waals surface area (Å²) >= 11 is 0. The van der Waals surface area contributed by atoms with E-state index in [1.165, 1.54) is 13.2 Å². The topological polar surface area (TPSA) is 111 Å². The fraction of sp³-hybridized carbons (Fsp3) is 0.316. The molecule has 0 aliphatic heterocycles. The highest BCUT2D eigenvalue weighted by molar-refractivity contribution is 7.92. The van der Waals surface area contributed by atoms with Gasteiger partial charge >= 0.3 is 0 Å². The van der Waals surface area contributed by atoms with Gasteiger partial charge < -0.3 is 15.8 Å². The Kier molecular flexibility index (Phi) is 6.45. The summed E-state index contributed by atoms with van der Waals surface area (Å²) in [5.74, 6) is -0.262. The molecule has 0 aliphatic carbocycles. The molecule has 2 atom stereocenters. The normalized spacial score (nSPS) is 13.5. The lowest BCUT2D eigenvalue weighted by molar-refractivity contribution is -0.119. The molecule has 2 aromatic rings. The molecule has 4 N–H and O–H groups in total. The molecule has 0 saturated carbocycles. The quantitative estimate of drug-likeness (QED) is 0.672. The monoisotopic (exact) mass is 391 g/mol. The predicted octanol–water partition coefficient (Wildman–Crippen LogP) is 2.73. The number of nitrogens with one attached hydrogen (secondary N) is 2. The molecule has 27 heavy (non-hydrogen) atoms. The SMILES string of the molecule is COc1ccccc1NS(=O)(=O)c1cc(NC(=O)C(C)C(C)N)ccc1C. The number of hydrogen-bond acceptors (Lipinski definition) is 5. The predicted molar refractivity (Wildman–Crippen MR) is 106 cm³/mol. The van der Waals surface area contributed by atoms with Crippen LogP contribution in [-0.4, -0.2) is 27.5 Å². The van der Waals surface area contributed by atoms with Gasteiger partial charge in [-0.1, -0.05) is 25.1 Å². The van der Waals surface area contributed by atoms with Gasteiger partial charge in [0.25, 0.3) is 10.0 Å². The number of para-hydroxylation sites is 2. The van der Waals surface area contributed by atoms with Crippen LogP contribution in [0.3, 0.4) is 0 Å². The van der Waals surface area contributed by atoms with Gasteiger partial charge in [0.1, 0.15) is 5.75 Å². The highest BCUT2D eigenvalue weighted by Crippen LogP contribution is 2.28. The zero-order chi connectivity index (χ0) is 20.2. The Morgan fingerprint density at radius 2 is 1.81 bits per heavy atom. The minimum atomic E-state index is -3.88. The Hall–Kier alpha value is -2.58. The number of carbonyl (C=O) groups excluding carboxylic acids is 1. The van der Waals surface area contributed by atoms with Crippen molar-refractivity contribution in [3.63, 3.8) is 0 Å². The van der Waals surface area contributed by atoms with Gasteiger partial charge in [-0.2, -0.15) is 0 Å². The fourth-order valence-corrected chi connectivity index (χ4v) is 3.73. The molecule has 0 heterocycles.